The molecule has 1 N–H and O–H groups in total. The number of rotatable bonds is 7. The van der Waals surface area contributed by atoms with Crippen molar-refractivity contribution < 1.29 is 14.3 Å². The molecule has 2 rings (SSSR count). The van der Waals surface area contributed by atoms with E-state index in [1.54, 1.807) is 31.5 Å². The quantitative estimate of drug-likeness (QED) is 0.533. The summed E-state index contributed by atoms with van der Waals surface area (Å²) in [5.74, 6) is 0.574. The van der Waals surface area contributed by atoms with E-state index in [0.717, 1.165) is 0 Å². The summed E-state index contributed by atoms with van der Waals surface area (Å²) in [7, 11) is 1.56. The summed E-state index contributed by atoms with van der Waals surface area (Å²) in [6, 6.07) is 6.63. The van der Waals surface area contributed by atoms with Gasteiger partial charge in [0.25, 0.3) is 11.5 Å². The van der Waals surface area contributed by atoms with Crippen molar-refractivity contribution in [2.45, 2.75) is 26.8 Å². The van der Waals surface area contributed by atoms with Crippen LogP contribution in [0.3, 0.4) is 0 Å². The second-order valence-electron chi connectivity index (χ2n) is 5.89. The number of aromatic nitrogens is 1. The number of hydrogen-bond acceptors (Lipinski definition) is 5. The first-order valence-corrected chi connectivity index (χ1v) is 9.23. The van der Waals surface area contributed by atoms with Crippen LogP contribution in [-0.4, -0.2) is 30.4 Å². The first-order chi connectivity index (χ1) is 12.9. The van der Waals surface area contributed by atoms with Gasteiger partial charge in [0.05, 0.1) is 24.4 Å². The van der Waals surface area contributed by atoms with Crippen molar-refractivity contribution in [2.24, 2.45) is 5.10 Å². The number of nitrogens with zero attached hydrogens (tertiary/aromatic N) is 2. The van der Waals surface area contributed by atoms with Gasteiger partial charge in [0.15, 0.2) is 11.5 Å². The van der Waals surface area contributed by atoms with Crippen molar-refractivity contribution in [2.75, 3.05) is 13.7 Å². The van der Waals surface area contributed by atoms with E-state index in [0.29, 0.717) is 28.1 Å². The maximum Gasteiger partial charge on any atom is 0.276 e. The van der Waals surface area contributed by atoms with Crippen LogP contribution in [0.2, 0.25) is 0 Å². The Morgan fingerprint density at radius 1 is 1.41 bits per heavy atom. The van der Waals surface area contributed by atoms with Gasteiger partial charge in [-0.2, -0.15) is 5.10 Å². The summed E-state index contributed by atoms with van der Waals surface area (Å²) >= 11 is 3.42. The standard InChI is InChI=1S/C19H22BrN3O4/c1-5-27-16-10-13(9-15(20)17(16)26-4)11-21-22-18(24)14-7-6-8-23(12(2)3)19(14)25/h6-12H,5H2,1-4H3,(H,22,24)/b21-11-. The van der Waals surface area contributed by atoms with E-state index < -0.39 is 5.91 Å². The molecule has 1 heterocycles. The predicted molar refractivity (Wildman–Crippen MR) is 108 cm³/mol. The molecule has 1 aromatic carbocycles. The van der Waals surface area contributed by atoms with Crippen LogP contribution in [0, 0.1) is 0 Å². The summed E-state index contributed by atoms with van der Waals surface area (Å²) in [5.41, 5.74) is 2.76. The fraction of sp³-hybridized carbons (Fsp3) is 0.316. The molecule has 0 aliphatic heterocycles. The summed E-state index contributed by atoms with van der Waals surface area (Å²) in [6.07, 6.45) is 3.12. The van der Waals surface area contributed by atoms with Gasteiger partial charge in [-0.15, -0.1) is 0 Å². The second kappa shape index (κ2) is 9.36. The SMILES string of the molecule is CCOc1cc(/C=N\NC(=O)c2cccn(C(C)C)c2=O)cc(Br)c1OC. The van der Waals surface area contributed by atoms with Gasteiger partial charge in [-0.25, -0.2) is 5.43 Å². The van der Waals surface area contributed by atoms with E-state index in [9.17, 15) is 9.59 Å². The van der Waals surface area contributed by atoms with Gasteiger partial charge in [0.2, 0.25) is 0 Å². The third kappa shape index (κ3) is 4.97. The Hall–Kier alpha value is -2.61. The molecule has 0 fully saturated rings. The number of carbonyl (C=O) groups excluding carboxylic acids is 1. The van der Waals surface area contributed by atoms with Crippen molar-refractivity contribution >= 4 is 28.1 Å². The molecule has 0 spiro atoms. The van der Waals surface area contributed by atoms with Crippen LogP contribution < -0.4 is 20.5 Å². The maximum absolute atomic E-state index is 12.3. The molecule has 1 aromatic heterocycles. The summed E-state index contributed by atoms with van der Waals surface area (Å²) in [4.78, 5) is 24.6. The Kier molecular flexibility index (Phi) is 7.18. The number of pyridine rings is 1. The minimum Gasteiger partial charge on any atom is -0.492 e. The number of benzene rings is 1. The molecule has 7 nitrogen and oxygen atoms in total. The molecule has 0 saturated heterocycles. The highest BCUT2D eigenvalue weighted by atomic mass is 79.9. The monoisotopic (exact) mass is 435 g/mol. The molecule has 0 unspecified atom stereocenters. The second-order valence-corrected chi connectivity index (χ2v) is 6.75. The van der Waals surface area contributed by atoms with Gasteiger partial charge in [0.1, 0.15) is 5.56 Å². The molecule has 0 aliphatic rings. The van der Waals surface area contributed by atoms with Crippen molar-refractivity contribution in [1.82, 2.24) is 9.99 Å². The number of amides is 1. The predicted octanol–water partition coefficient (Wildman–Crippen LogP) is 3.36. The highest BCUT2D eigenvalue weighted by Crippen LogP contribution is 2.36. The lowest BCUT2D eigenvalue weighted by atomic mass is 10.2. The van der Waals surface area contributed by atoms with E-state index in [2.05, 4.69) is 26.5 Å². The summed E-state index contributed by atoms with van der Waals surface area (Å²) < 4.78 is 13.0. The maximum atomic E-state index is 12.3. The third-order valence-corrected chi connectivity index (χ3v) is 4.28. The van der Waals surface area contributed by atoms with Gasteiger partial charge in [-0.1, -0.05) is 0 Å². The largest absolute Gasteiger partial charge is 0.492 e. The number of ether oxygens (including phenoxy) is 2. The molecular weight excluding hydrogens is 414 g/mol. The molecule has 0 bridgehead atoms. The average molecular weight is 436 g/mol. The van der Waals surface area contributed by atoms with Crippen LogP contribution in [0.4, 0.5) is 0 Å². The molecule has 144 valence electrons. The summed E-state index contributed by atoms with van der Waals surface area (Å²) in [5, 5.41) is 3.94. The molecule has 2 aromatic rings. The van der Waals surface area contributed by atoms with Crippen LogP contribution in [-0.2, 0) is 0 Å². The average Bonchev–Trinajstić information content (AvgIpc) is 2.61. The first-order valence-electron chi connectivity index (χ1n) is 8.43. The molecule has 0 aliphatic carbocycles. The lowest BCUT2D eigenvalue weighted by Gasteiger charge is -2.12. The van der Waals surface area contributed by atoms with Gasteiger partial charge in [-0.3, -0.25) is 9.59 Å². The zero-order valence-electron chi connectivity index (χ0n) is 15.7. The number of methoxy groups -OCH3 is 1. The van der Waals surface area contributed by atoms with Gasteiger partial charge in [0, 0.05) is 12.2 Å². The fourth-order valence-corrected chi connectivity index (χ4v) is 3.06. The topological polar surface area (TPSA) is 81.9 Å². The Labute approximate surface area is 166 Å². The van der Waals surface area contributed by atoms with E-state index in [-0.39, 0.29) is 17.2 Å². The molecule has 0 saturated carbocycles. The van der Waals surface area contributed by atoms with E-state index in [1.807, 2.05) is 20.8 Å². The molecule has 0 atom stereocenters. The third-order valence-electron chi connectivity index (χ3n) is 3.69. The van der Waals surface area contributed by atoms with Gasteiger partial charge < -0.3 is 14.0 Å². The lowest BCUT2D eigenvalue weighted by Crippen LogP contribution is -2.31. The number of halogens is 1. The molecule has 0 radical (unpaired) electrons. The van der Waals surface area contributed by atoms with Crippen molar-refractivity contribution in [1.29, 1.82) is 0 Å². The Morgan fingerprint density at radius 3 is 2.78 bits per heavy atom. The van der Waals surface area contributed by atoms with E-state index >= 15 is 0 Å². The fourth-order valence-electron chi connectivity index (χ4n) is 2.44. The lowest BCUT2D eigenvalue weighted by molar-refractivity contribution is 0.0953. The molecule has 1 amide bonds. The number of hydrazone groups is 1. The van der Waals surface area contributed by atoms with Crippen molar-refractivity contribution in [3.8, 4) is 11.5 Å². The zero-order valence-corrected chi connectivity index (χ0v) is 17.2. The Morgan fingerprint density at radius 2 is 2.15 bits per heavy atom. The Bertz CT molecular complexity index is 906. The van der Waals surface area contributed by atoms with Crippen LogP contribution in [0.5, 0.6) is 11.5 Å². The highest BCUT2D eigenvalue weighted by Gasteiger charge is 2.13. The van der Waals surface area contributed by atoms with E-state index in [1.165, 1.54) is 16.8 Å². The first kappa shape index (κ1) is 20.7. The van der Waals surface area contributed by atoms with Crippen LogP contribution in [0.1, 0.15) is 42.7 Å². The normalized spacial score (nSPS) is 11.0. The van der Waals surface area contributed by atoms with Gasteiger partial charge >= 0.3 is 0 Å². The number of hydrogen-bond donors (Lipinski definition) is 1. The van der Waals surface area contributed by atoms with E-state index in [4.69, 9.17) is 9.47 Å². The highest BCUT2D eigenvalue weighted by molar-refractivity contribution is 9.10. The minimum absolute atomic E-state index is 0.0364. The van der Waals surface area contributed by atoms with Crippen molar-refractivity contribution in [3.05, 3.63) is 56.4 Å². The molecular formula is C19H22BrN3O4. The Balaban J connectivity index is 2.19. The van der Waals surface area contributed by atoms with Crippen LogP contribution in [0.25, 0.3) is 0 Å². The summed E-state index contributed by atoms with van der Waals surface area (Å²) in [6.45, 7) is 6.10. The minimum atomic E-state index is -0.566. The number of nitrogens with one attached hydrogen (secondary N) is 1. The zero-order chi connectivity index (χ0) is 20.0. The van der Waals surface area contributed by atoms with Crippen LogP contribution >= 0.6 is 15.9 Å². The smallest absolute Gasteiger partial charge is 0.276 e. The molecule has 8 heteroatoms. The van der Waals surface area contributed by atoms with Gasteiger partial charge in [-0.05, 0) is 66.5 Å². The molecule has 27 heavy (non-hydrogen) atoms. The number of carbonyl (C=O) groups is 1. The van der Waals surface area contributed by atoms with Crippen molar-refractivity contribution in [3.63, 3.8) is 0 Å². The van der Waals surface area contributed by atoms with Crippen LogP contribution in [0.15, 0.2) is 44.8 Å².